The van der Waals surface area contributed by atoms with Crippen molar-refractivity contribution in [1.29, 1.82) is 0 Å². The van der Waals surface area contributed by atoms with Crippen LogP contribution in [-0.2, 0) is 0 Å². The monoisotopic (exact) mass is 298 g/mol. The van der Waals surface area contributed by atoms with Gasteiger partial charge >= 0.3 is 0 Å². The van der Waals surface area contributed by atoms with Gasteiger partial charge in [0.15, 0.2) is 0 Å². The highest BCUT2D eigenvalue weighted by Gasteiger charge is 2.55. The summed E-state index contributed by atoms with van der Waals surface area (Å²) in [6, 6.07) is 0. The van der Waals surface area contributed by atoms with Crippen molar-refractivity contribution in [1.82, 2.24) is 0 Å². The van der Waals surface area contributed by atoms with E-state index in [0.717, 1.165) is 17.8 Å². The van der Waals surface area contributed by atoms with Gasteiger partial charge in [0.05, 0.1) is 0 Å². The van der Waals surface area contributed by atoms with Gasteiger partial charge in [0, 0.05) is 0 Å². The van der Waals surface area contributed by atoms with E-state index in [-0.39, 0.29) is 0 Å². The number of fused-ring (bicyclic) bond motifs is 5. The van der Waals surface area contributed by atoms with E-state index < -0.39 is 0 Å². The molecule has 4 aliphatic rings. The van der Waals surface area contributed by atoms with E-state index in [4.69, 9.17) is 0 Å². The average Bonchev–Trinajstić information content (AvgIpc) is 2.84. The maximum atomic E-state index is 2.64. The maximum Gasteiger partial charge on any atom is -0.00476 e. The molecule has 0 radical (unpaired) electrons. The third kappa shape index (κ3) is 1.95. The van der Waals surface area contributed by atoms with Crippen LogP contribution in [0.25, 0.3) is 0 Å². The van der Waals surface area contributed by atoms with Crippen LogP contribution in [0.2, 0.25) is 0 Å². The lowest BCUT2D eigenvalue weighted by molar-refractivity contribution is 0.0662. The molecule has 0 spiro atoms. The summed E-state index contributed by atoms with van der Waals surface area (Å²) in [6.07, 6.45) is 19.6. The molecular weight excluding hydrogens is 264 g/mol. The zero-order valence-electron chi connectivity index (χ0n) is 15.0. The fraction of sp³-hybridized carbons (Fsp3) is 0.818. The molecule has 0 aromatic heterocycles. The standard InChI is InChI=1S/C22H34/c1-4-7-16-10-12-19-18-11-9-17-8-5-6-14-21(17,2)20(18)13-15-22(16,19)3/h9,11,16,19-20H,4-8,10,12-15H2,1-3H3. The van der Waals surface area contributed by atoms with Crippen molar-refractivity contribution in [2.45, 2.75) is 85.0 Å². The first-order valence-electron chi connectivity index (χ1n) is 10.0. The van der Waals surface area contributed by atoms with Crippen LogP contribution in [0.15, 0.2) is 23.3 Å². The summed E-state index contributed by atoms with van der Waals surface area (Å²) in [4.78, 5) is 0. The molecule has 0 heterocycles. The van der Waals surface area contributed by atoms with Gasteiger partial charge < -0.3 is 0 Å². The van der Waals surface area contributed by atoms with Crippen LogP contribution in [0.4, 0.5) is 0 Å². The van der Waals surface area contributed by atoms with E-state index in [9.17, 15) is 0 Å². The van der Waals surface area contributed by atoms with Gasteiger partial charge in [-0.1, -0.05) is 63.3 Å². The first-order chi connectivity index (χ1) is 10.6. The molecular formula is C22H34. The highest BCUT2D eigenvalue weighted by Crippen LogP contribution is 2.65. The fourth-order valence-corrected chi connectivity index (χ4v) is 6.97. The van der Waals surface area contributed by atoms with E-state index in [0.29, 0.717) is 10.8 Å². The Hall–Kier alpha value is -0.520. The summed E-state index contributed by atoms with van der Waals surface area (Å²) in [5, 5.41) is 0. The molecule has 5 atom stereocenters. The van der Waals surface area contributed by atoms with Gasteiger partial charge in [-0.3, -0.25) is 0 Å². The molecule has 22 heavy (non-hydrogen) atoms. The summed E-state index contributed by atoms with van der Waals surface area (Å²) >= 11 is 0. The molecule has 0 aromatic rings. The second kappa shape index (κ2) is 5.25. The molecule has 0 heteroatoms. The van der Waals surface area contributed by atoms with E-state index in [1.807, 2.05) is 5.57 Å². The molecule has 122 valence electrons. The predicted molar refractivity (Wildman–Crippen MR) is 94.7 cm³/mol. The van der Waals surface area contributed by atoms with Gasteiger partial charge in [0.25, 0.3) is 0 Å². The van der Waals surface area contributed by atoms with Crippen molar-refractivity contribution in [3.8, 4) is 0 Å². The van der Waals surface area contributed by atoms with Crippen LogP contribution in [0, 0.1) is 28.6 Å². The Kier molecular flexibility index (Phi) is 3.59. The third-order valence-electron chi connectivity index (χ3n) is 8.32. The fourth-order valence-electron chi connectivity index (χ4n) is 6.97. The van der Waals surface area contributed by atoms with Gasteiger partial charge in [0.2, 0.25) is 0 Å². The van der Waals surface area contributed by atoms with E-state index in [1.165, 1.54) is 64.2 Å². The van der Waals surface area contributed by atoms with Crippen LogP contribution in [0.1, 0.15) is 85.0 Å². The van der Waals surface area contributed by atoms with Crippen molar-refractivity contribution >= 4 is 0 Å². The molecule has 0 N–H and O–H groups in total. The normalized spacial score (nSPS) is 47.1. The van der Waals surface area contributed by atoms with Gasteiger partial charge in [0.1, 0.15) is 0 Å². The number of hydrogen-bond donors (Lipinski definition) is 0. The Morgan fingerprint density at radius 1 is 1.00 bits per heavy atom. The highest BCUT2D eigenvalue weighted by molar-refractivity contribution is 5.38. The van der Waals surface area contributed by atoms with Gasteiger partial charge in [-0.05, 0) is 73.5 Å². The summed E-state index contributed by atoms with van der Waals surface area (Å²) in [5.74, 6) is 2.78. The predicted octanol–water partition coefficient (Wildman–Crippen LogP) is 6.68. The zero-order valence-corrected chi connectivity index (χ0v) is 15.0. The van der Waals surface area contributed by atoms with Crippen LogP contribution in [-0.4, -0.2) is 0 Å². The van der Waals surface area contributed by atoms with Crippen molar-refractivity contribution < 1.29 is 0 Å². The van der Waals surface area contributed by atoms with Gasteiger partial charge in [-0.25, -0.2) is 0 Å². The Bertz CT molecular complexity index is 510. The lowest BCUT2D eigenvalue weighted by Crippen LogP contribution is -2.44. The molecule has 3 saturated carbocycles. The molecule has 4 rings (SSSR count). The second-order valence-electron chi connectivity index (χ2n) is 9.20. The third-order valence-corrected chi connectivity index (χ3v) is 8.32. The lowest BCUT2D eigenvalue weighted by atomic mass is 9.50. The first-order valence-corrected chi connectivity index (χ1v) is 10.0. The molecule has 3 fully saturated rings. The Labute approximate surface area is 137 Å². The van der Waals surface area contributed by atoms with Crippen LogP contribution < -0.4 is 0 Å². The van der Waals surface area contributed by atoms with Crippen molar-refractivity contribution in [3.63, 3.8) is 0 Å². The molecule has 0 amide bonds. The highest BCUT2D eigenvalue weighted by atomic mass is 14.6. The van der Waals surface area contributed by atoms with Crippen LogP contribution in [0.3, 0.4) is 0 Å². The van der Waals surface area contributed by atoms with Crippen LogP contribution in [0.5, 0.6) is 0 Å². The minimum Gasteiger partial charge on any atom is -0.0654 e. The van der Waals surface area contributed by atoms with E-state index in [2.05, 4.69) is 32.9 Å². The number of hydrogen-bond acceptors (Lipinski definition) is 0. The second-order valence-corrected chi connectivity index (χ2v) is 9.20. The molecule has 0 aliphatic heterocycles. The topological polar surface area (TPSA) is 0 Å². The SMILES string of the molecule is CCCC1CCC2C3=CC=C4CCCCC4(C)C3CCC12C. The van der Waals surface area contributed by atoms with E-state index in [1.54, 1.807) is 5.57 Å². The molecule has 0 bridgehead atoms. The minimum atomic E-state index is 0.520. The summed E-state index contributed by atoms with van der Waals surface area (Å²) in [7, 11) is 0. The smallest absolute Gasteiger partial charge is 0.00476 e. The van der Waals surface area contributed by atoms with Crippen molar-refractivity contribution in [2.75, 3.05) is 0 Å². The summed E-state index contributed by atoms with van der Waals surface area (Å²) in [6.45, 7) is 7.63. The minimum absolute atomic E-state index is 0.520. The van der Waals surface area contributed by atoms with Crippen molar-refractivity contribution in [3.05, 3.63) is 23.3 Å². The van der Waals surface area contributed by atoms with E-state index >= 15 is 0 Å². The molecule has 0 nitrogen and oxygen atoms in total. The lowest BCUT2D eigenvalue weighted by Gasteiger charge is -2.54. The zero-order chi connectivity index (χ0) is 15.4. The quantitative estimate of drug-likeness (QED) is 0.533. The summed E-state index contributed by atoms with van der Waals surface area (Å²) in [5.41, 5.74) is 4.81. The first kappa shape index (κ1) is 15.0. The van der Waals surface area contributed by atoms with Crippen LogP contribution >= 0.6 is 0 Å². The number of allylic oxidation sites excluding steroid dienone is 4. The van der Waals surface area contributed by atoms with Crippen molar-refractivity contribution in [2.24, 2.45) is 28.6 Å². The Morgan fingerprint density at radius 3 is 2.68 bits per heavy atom. The molecule has 4 aliphatic carbocycles. The molecule has 0 aromatic carbocycles. The van der Waals surface area contributed by atoms with Gasteiger partial charge in [-0.15, -0.1) is 0 Å². The summed E-state index contributed by atoms with van der Waals surface area (Å²) < 4.78 is 0. The average molecular weight is 299 g/mol. The number of rotatable bonds is 2. The molecule has 5 unspecified atom stereocenters. The Morgan fingerprint density at radius 2 is 1.86 bits per heavy atom. The molecule has 0 saturated heterocycles. The largest absolute Gasteiger partial charge is 0.0654 e. The Balaban J connectivity index is 1.69. The van der Waals surface area contributed by atoms with Gasteiger partial charge in [-0.2, -0.15) is 0 Å². The maximum absolute atomic E-state index is 2.64.